The van der Waals surface area contributed by atoms with Crippen LogP contribution in [0.4, 0.5) is 8.78 Å². The second-order valence-corrected chi connectivity index (χ2v) is 5.17. The quantitative estimate of drug-likeness (QED) is 0.788. The standard InChI is InChI=1S/C14H19F2NO/c1-14(8-11(14)9-17-3-4-18-2)10-5-12(15)7-13(16)6-10/h5-7,11,17H,3-4,8-9H2,1-2H3. The molecule has 2 nitrogen and oxygen atoms in total. The number of ether oxygens (including phenoxy) is 1. The molecule has 100 valence electrons. The maximum absolute atomic E-state index is 13.2. The van der Waals surface area contributed by atoms with Gasteiger partial charge in [0.15, 0.2) is 0 Å². The molecule has 2 atom stereocenters. The number of nitrogens with one attached hydrogen (secondary N) is 1. The van der Waals surface area contributed by atoms with Gasteiger partial charge in [0.05, 0.1) is 6.61 Å². The normalized spacial score (nSPS) is 26.3. The topological polar surface area (TPSA) is 21.3 Å². The summed E-state index contributed by atoms with van der Waals surface area (Å²) in [6.07, 6.45) is 0.968. The minimum atomic E-state index is -0.496. The van der Waals surface area contributed by atoms with E-state index in [1.165, 1.54) is 12.1 Å². The number of benzene rings is 1. The Balaban J connectivity index is 1.93. The van der Waals surface area contributed by atoms with Gasteiger partial charge in [-0.05, 0) is 42.0 Å². The fourth-order valence-corrected chi connectivity index (χ4v) is 2.44. The van der Waals surface area contributed by atoms with E-state index in [1.807, 2.05) is 0 Å². The molecular weight excluding hydrogens is 236 g/mol. The summed E-state index contributed by atoms with van der Waals surface area (Å²) in [6, 6.07) is 3.80. The van der Waals surface area contributed by atoms with Gasteiger partial charge in [-0.2, -0.15) is 0 Å². The van der Waals surface area contributed by atoms with E-state index in [-0.39, 0.29) is 5.41 Å². The minimum absolute atomic E-state index is 0.0942. The van der Waals surface area contributed by atoms with Gasteiger partial charge in [0, 0.05) is 19.7 Å². The van der Waals surface area contributed by atoms with E-state index in [4.69, 9.17) is 4.74 Å². The molecule has 0 radical (unpaired) electrons. The molecule has 4 heteroatoms. The Labute approximate surface area is 106 Å². The van der Waals surface area contributed by atoms with Crippen molar-refractivity contribution in [1.29, 1.82) is 0 Å². The zero-order valence-electron chi connectivity index (χ0n) is 10.8. The van der Waals surface area contributed by atoms with Crippen LogP contribution in [-0.4, -0.2) is 26.8 Å². The summed E-state index contributed by atoms with van der Waals surface area (Å²) in [7, 11) is 1.67. The van der Waals surface area contributed by atoms with Crippen LogP contribution in [0.2, 0.25) is 0 Å². The van der Waals surface area contributed by atoms with E-state index in [0.717, 1.165) is 31.1 Å². The molecule has 1 aromatic rings. The van der Waals surface area contributed by atoms with E-state index < -0.39 is 11.6 Å². The molecule has 1 N–H and O–H groups in total. The SMILES string of the molecule is COCCNCC1CC1(C)c1cc(F)cc(F)c1. The Morgan fingerprint density at radius 1 is 1.33 bits per heavy atom. The average Bonchev–Trinajstić information content (AvgIpc) is 2.96. The number of hydrogen-bond acceptors (Lipinski definition) is 2. The number of hydrogen-bond donors (Lipinski definition) is 1. The summed E-state index contributed by atoms with van der Waals surface area (Å²) in [5.41, 5.74) is 0.668. The van der Waals surface area contributed by atoms with Crippen molar-refractivity contribution >= 4 is 0 Å². The van der Waals surface area contributed by atoms with Gasteiger partial charge in [0.2, 0.25) is 0 Å². The lowest BCUT2D eigenvalue weighted by Crippen LogP contribution is -2.24. The lowest BCUT2D eigenvalue weighted by atomic mass is 9.95. The molecule has 0 saturated heterocycles. The number of halogens is 2. The highest BCUT2D eigenvalue weighted by atomic mass is 19.1. The van der Waals surface area contributed by atoms with Crippen molar-refractivity contribution in [3.8, 4) is 0 Å². The van der Waals surface area contributed by atoms with Crippen LogP contribution in [0, 0.1) is 17.6 Å². The first-order valence-electron chi connectivity index (χ1n) is 6.22. The fourth-order valence-electron chi connectivity index (χ4n) is 2.44. The van der Waals surface area contributed by atoms with Crippen LogP contribution in [0.25, 0.3) is 0 Å². The third-order valence-corrected chi connectivity index (χ3v) is 3.81. The van der Waals surface area contributed by atoms with E-state index in [2.05, 4.69) is 12.2 Å². The van der Waals surface area contributed by atoms with Crippen LogP contribution < -0.4 is 5.32 Å². The zero-order valence-corrected chi connectivity index (χ0v) is 10.8. The Kier molecular flexibility index (Phi) is 3.97. The molecule has 0 amide bonds. The monoisotopic (exact) mass is 255 g/mol. The van der Waals surface area contributed by atoms with E-state index >= 15 is 0 Å². The Bertz CT molecular complexity index is 404. The lowest BCUT2D eigenvalue weighted by molar-refractivity contribution is 0.199. The van der Waals surface area contributed by atoms with Crippen molar-refractivity contribution in [3.05, 3.63) is 35.4 Å². The molecule has 2 rings (SSSR count). The molecule has 0 aromatic heterocycles. The van der Waals surface area contributed by atoms with Crippen LogP contribution in [0.3, 0.4) is 0 Å². The van der Waals surface area contributed by atoms with Gasteiger partial charge in [0.1, 0.15) is 11.6 Å². The van der Waals surface area contributed by atoms with Crippen molar-refractivity contribution in [1.82, 2.24) is 5.32 Å². The molecule has 2 unspecified atom stereocenters. The lowest BCUT2D eigenvalue weighted by Gasteiger charge is -2.13. The van der Waals surface area contributed by atoms with Crippen LogP contribution in [-0.2, 0) is 10.2 Å². The summed E-state index contributed by atoms with van der Waals surface area (Å²) in [5.74, 6) is -0.552. The first-order chi connectivity index (χ1) is 8.56. The zero-order chi connectivity index (χ0) is 13.2. The second-order valence-electron chi connectivity index (χ2n) is 5.17. The van der Waals surface area contributed by atoms with Crippen LogP contribution in [0.5, 0.6) is 0 Å². The van der Waals surface area contributed by atoms with Crippen LogP contribution >= 0.6 is 0 Å². The molecule has 1 fully saturated rings. The maximum Gasteiger partial charge on any atom is 0.126 e. The van der Waals surface area contributed by atoms with Crippen molar-refractivity contribution in [3.63, 3.8) is 0 Å². The third-order valence-electron chi connectivity index (χ3n) is 3.81. The summed E-state index contributed by atoms with van der Waals surface area (Å²) >= 11 is 0. The second kappa shape index (κ2) is 5.33. The van der Waals surface area contributed by atoms with Gasteiger partial charge in [-0.25, -0.2) is 8.78 Å². The largest absolute Gasteiger partial charge is 0.383 e. The van der Waals surface area contributed by atoms with Crippen molar-refractivity contribution < 1.29 is 13.5 Å². The first-order valence-corrected chi connectivity index (χ1v) is 6.22. The predicted molar refractivity (Wildman–Crippen MR) is 66.6 cm³/mol. The fraction of sp³-hybridized carbons (Fsp3) is 0.571. The minimum Gasteiger partial charge on any atom is -0.383 e. The molecule has 1 aliphatic rings. The molecule has 0 aliphatic heterocycles. The highest BCUT2D eigenvalue weighted by Gasteiger charge is 2.50. The molecule has 1 aliphatic carbocycles. The van der Waals surface area contributed by atoms with Crippen molar-refractivity contribution in [2.45, 2.75) is 18.8 Å². The molecule has 0 bridgehead atoms. The Hall–Kier alpha value is -1.00. The van der Waals surface area contributed by atoms with Crippen molar-refractivity contribution in [2.24, 2.45) is 5.92 Å². The summed E-state index contributed by atoms with van der Waals surface area (Å²) < 4.78 is 31.3. The highest BCUT2D eigenvalue weighted by molar-refractivity contribution is 5.33. The Morgan fingerprint density at radius 2 is 2.00 bits per heavy atom. The van der Waals surface area contributed by atoms with Gasteiger partial charge >= 0.3 is 0 Å². The average molecular weight is 255 g/mol. The predicted octanol–water partition coefficient (Wildman–Crippen LogP) is 2.48. The van der Waals surface area contributed by atoms with E-state index in [9.17, 15) is 8.78 Å². The molecule has 1 saturated carbocycles. The first kappa shape index (κ1) is 13.4. The van der Waals surface area contributed by atoms with Gasteiger partial charge in [0.25, 0.3) is 0 Å². The van der Waals surface area contributed by atoms with Gasteiger partial charge < -0.3 is 10.1 Å². The smallest absolute Gasteiger partial charge is 0.126 e. The summed E-state index contributed by atoms with van der Waals surface area (Å²) in [4.78, 5) is 0. The number of methoxy groups -OCH3 is 1. The maximum atomic E-state index is 13.2. The molecular formula is C14H19F2NO. The summed E-state index contributed by atoms with van der Waals surface area (Å²) in [6.45, 7) is 4.40. The molecule has 0 spiro atoms. The van der Waals surface area contributed by atoms with Gasteiger partial charge in [-0.1, -0.05) is 6.92 Å². The van der Waals surface area contributed by atoms with E-state index in [1.54, 1.807) is 7.11 Å². The number of rotatable bonds is 6. The molecule has 0 heterocycles. The summed E-state index contributed by atoms with van der Waals surface area (Å²) in [5, 5.41) is 3.29. The van der Waals surface area contributed by atoms with Crippen LogP contribution in [0.15, 0.2) is 18.2 Å². The molecule has 1 aromatic carbocycles. The third kappa shape index (κ3) is 2.87. The molecule has 18 heavy (non-hydrogen) atoms. The van der Waals surface area contributed by atoms with Crippen molar-refractivity contribution in [2.75, 3.05) is 26.8 Å². The van der Waals surface area contributed by atoms with Gasteiger partial charge in [-0.15, -0.1) is 0 Å². The van der Waals surface area contributed by atoms with Gasteiger partial charge in [-0.3, -0.25) is 0 Å². The highest BCUT2D eigenvalue weighted by Crippen LogP contribution is 2.53. The van der Waals surface area contributed by atoms with E-state index in [0.29, 0.717) is 12.5 Å². The Morgan fingerprint density at radius 3 is 2.61 bits per heavy atom. The van der Waals surface area contributed by atoms with Crippen LogP contribution in [0.1, 0.15) is 18.9 Å².